The molecule has 5 rings (SSSR count). The number of hydrogen-bond acceptors (Lipinski definition) is 7. The number of pyridine rings is 2. The topological polar surface area (TPSA) is 88.0 Å². The summed E-state index contributed by atoms with van der Waals surface area (Å²) >= 11 is 0. The molecule has 0 amide bonds. The van der Waals surface area contributed by atoms with Crippen LogP contribution in [0.4, 0.5) is 11.6 Å². The minimum Gasteiger partial charge on any atom is -0.324 e. The van der Waals surface area contributed by atoms with Crippen LogP contribution in [0.5, 0.6) is 0 Å². The van der Waals surface area contributed by atoms with Crippen LogP contribution in [-0.2, 0) is 19.4 Å². The highest BCUT2D eigenvalue weighted by Gasteiger charge is 2.15. The first-order chi connectivity index (χ1) is 20.4. The quantitative estimate of drug-likeness (QED) is 0.287. The lowest BCUT2D eigenvalue weighted by atomic mass is 9.92. The van der Waals surface area contributed by atoms with E-state index in [-0.39, 0.29) is 11.5 Å². The summed E-state index contributed by atoms with van der Waals surface area (Å²) in [6, 6.07) is 12.3. The van der Waals surface area contributed by atoms with E-state index in [4.69, 9.17) is 4.98 Å². The molecule has 8 nitrogen and oxygen atoms in total. The van der Waals surface area contributed by atoms with Crippen LogP contribution in [0.1, 0.15) is 48.9 Å². The Morgan fingerprint density at radius 1 is 1.14 bits per heavy atom. The average Bonchev–Trinajstić information content (AvgIpc) is 2.99. The van der Waals surface area contributed by atoms with Gasteiger partial charge in [0.2, 0.25) is 5.95 Å². The number of likely N-dealkylation sites (N-methyl/N-ethyl adjacent to an activating group) is 1. The number of nitrogens with one attached hydrogen (secondary N) is 2. The molecule has 2 N–H and O–H groups in total. The number of aromatic nitrogens is 4. The molecule has 1 aliphatic heterocycles. The first kappa shape index (κ1) is 29.4. The second-order valence-corrected chi connectivity index (χ2v) is 11.8. The zero-order valence-corrected chi connectivity index (χ0v) is 25.2. The molecular formula is C34H41N7O. The molecule has 0 spiro atoms. The molecule has 42 heavy (non-hydrogen) atoms. The van der Waals surface area contributed by atoms with E-state index in [1.54, 1.807) is 17.0 Å². The first-order valence-corrected chi connectivity index (χ1v) is 14.9. The van der Waals surface area contributed by atoms with E-state index >= 15 is 0 Å². The summed E-state index contributed by atoms with van der Waals surface area (Å²) in [4.78, 5) is 29.7. The molecular weight excluding hydrogens is 522 g/mol. The molecule has 1 aromatic carbocycles. The van der Waals surface area contributed by atoms with E-state index < -0.39 is 0 Å². The van der Waals surface area contributed by atoms with Gasteiger partial charge in [0.1, 0.15) is 5.65 Å². The highest BCUT2D eigenvalue weighted by Crippen LogP contribution is 2.21. The van der Waals surface area contributed by atoms with Crippen molar-refractivity contribution in [3.8, 4) is 11.8 Å². The Hall–Kier alpha value is -4.06. The maximum atomic E-state index is 13.8. The van der Waals surface area contributed by atoms with Gasteiger partial charge in [-0.25, -0.2) is 4.98 Å². The summed E-state index contributed by atoms with van der Waals surface area (Å²) in [7, 11) is 4.11. The molecule has 4 aromatic rings. The minimum absolute atomic E-state index is 0.153. The van der Waals surface area contributed by atoms with Crippen molar-refractivity contribution >= 4 is 22.7 Å². The van der Waals surface area contributed by atoms with Crippen LogP contribution >= 0.6 is 0 Å². The van der Waals surface area contributed by atoms with Crippen molar-refractivity contribution in [3.05, 3.63) is 87.6 Å². The third kappa shape index (κ3) is 7.61. The fourth-order valence-electron chi connectivity index (χ4n) is 5.31. The monoisotopic (exact) mass is 563 g/mol. The molecule has 4 heterocycles. The van der Waals surface area contributed by atoms with Gasteiger partial charge in [0, 0.05) is 42.1 Å². The maximum absolute atomic E-state index is 13.8. The third-order valence-electron chi connectivity index (χ3n) is 7.62. The van der Waals surface area contributed by atoms with Crippen molar-refractivity contribution in [2.24, 2.45) is 11.8 Å². The number of anilines is 2. The van der Waals surface area contributed by atoms with Gasteiger partial charge >= 0.3 is 0 Å². The molecule has 1 atom stereocenters. The van der Waals surface area contributed by atoms with Gasteiger partial charge in [-0.05, 0) is 99.7 Å². The maximum Gasteiger partial charge on any atom is 0.268 e. The number of hydrogen-bond donors (Lipinski definition) is 2. The van der Waals surface area contributed by atoms with Crippen molar-refractivity contribution < 1.29 is 0 Å². The SMILES string of the molecule is CC(C)C#Cc1cc2cnc(Nc3ccc(CC4CCCNC4)cc3)nc2n(Cc2ccncc2CCN(C)C)c1=O. The molecule has 0 saturated carbocycles. The van der Waals surface area contributed by atoms with E-state index in [1.807, 2.05) is 32.2 Å². The van der Waals surface area contributed by atoms with Gasteiger partial charge in [-0.3, -0.25) is 14.3 Å². The van der Waals surface area contributed by atoms with Gasteiger partial charge in [-0.1, -0.05) is 37.8 Å². The van der Waals surface area contributed by atoms with E-state index in [1.165, 1.54) is 18.4 Å². The predicted octanol–water partition coefficient (Wildman–Crippen LogP) is 4.63. The summed E-state index contributed by atoms with van der Waals surface area (Å²) in [6.45, 7) is 7.52. The number of fused-ring (bicyclic) bond motifs is 1. The largest absolute Gasteiger partial charge is 0.324 e. The van der Waals surface area contributed by atoms with Crippen LogP contribution < -0.4 is 16.2 Å². The second kappa shape index (κ2) is 13.7. The fraction of sp³-hybridized carbons (Fsp3) is 0.412. The molecule has 8 heteroatoms. The summed E-state index contributed by atoms with van der Waals surface area (Å²) in [5.74, 6) is 7.53. The average molecular weight is 564 g/mol. The van der Waals surface area contributed by atoms with E-state index in [9.17, 15) is 4.79 Å². The van der Waals surface area contributed by atoms with Crippen molar-refractivity contribution in [1.82, 2.24) is 29.7 Å². The van der Waals surface area contributed by atoms with Gasteiger partial charge in [0.15, 0.2) is 0 Å². The molecule has 0 aliphatic carbocycles. The van der Waals surface area contributed by atoms with Crippen LogP contribution in [0, 0.1) is 23.7 Å². The number of rotatable bonds is 9. The molecule has 1 unspecified atom stereocenters. The van der Waals surface area contributed by atoms with Gasteiger partial charge in [-0.2, -0.15) is 4.98 Å². The van der Waals surface area contributed by atoms with Crippen LogP contribution in [-0.4, -0.2) is 58.1 Å². The molecule has 218 valence electrons. The Kier molecular flexibility index (Phi) is 9.63. The van der Waals surface area contributed by atoms with Crippen LogP contribution in [0.3, 0.4) is 0 Å². The number of nitrogens with zero attached hydrogens (tertiary/aromatic N) is 5. The lowest BCUT2D eigenvalue weighted by Crippen LogP contribution is -2.30. The molecule has 0 radical (unpaired) electrons. The molecule has 1 fully saturated rings. The molecule has 0 bridgehead atoms. The van der Waals surface area contributed by atoms with Gasteiger partial charge < -0.3 is 15.5 Å². The van der Waals surface area contributed by atoms with E-state index in [0.29, 0.717) is 29.6 Å². The Morgan fingerprint density at radius 3 is 2.71 bits per heavy atom. The lowest BCUT2D eigenvalue weighted by Gasteiger charge is -2.22. The predicted molar refractivity (Wildman–Crippen MR) is 170 cm³/mol. The van der Waals surface area contributed by atoms with Gasteiger partial charge in [0.25, 0.3) is 5.56 Å². The zero-order valence-electron chi connectivity index (χ0n) is 25.2. The Labute approximate surface area is 248 Å². The molecule has 1 saturated heterocycles. The zero-order chi connectivity index (χ0) is 29.5. The summed E-state index contributed by atoms with van der Waals surface area (Å²) < 4.78 is 1.72. The van der Waals surface area contributed by atoms with Gasteiger partial charge in [0.05, 0.1) is 12.1 Å². The highest BCUT2D eigenvalue weighted by atomic mass is 16.1. The van der Waals surface area contributed by atoms with Crippen molar-refractivity contribution in [1.29, 1.82) is 0 Å². The first-order valence-electron chi connectivity index (χ1n) is 14.9. The third-order valence-corrected chi connectivity index (χ3v) is 7.62. The smallest absolute Gasteiger partial charge is 0.268 e. The van der Waals surface area contributed by atoms with Crippen molar-refractivity contribution in [2.45, 2.75) is 46.1 Å². The summed E-state index contributed by atoms with van der Waals surface area (Å²) in [5, 5.41) is 7.62. The Balaban J connectivity index is 1.46. The summed E-state index contributed by atoms with van der Waals surface area (Å²) in [6.07, 6.45) is 9.89. The van der Waals surface area contributed by atoms with E-state index in [2.05, 4.69) is 75.7 Å². The summed E-state index contributed by atoms with van der Waals surface area (Å²) in [5.41, 5.74) is 5.27. The van der Waals surface area contributed by atoms with E-state index in [0.717, 1.165) is 54.7 Å². The minimum atomic E-state index is -0.155. The normalized spacial score (nSPS) is 15.1. The van der Waals surface area contributed by atoms with Crippen molar-refractivity contribution in [3.63, 3.8) is 0 Å². The Bertz CT molecular complexity index is 1620. The second-order valence-electron chi connectivity index (χ2n) is 11.8. The molecule has 3 aromatic heterocycles. The van der Waals surface area contributed by atoms with Crippen LogP contribution in [0.25, 0.3) is 11.0 Å². The lowest BCUT2D eigenvalue weighted by molar-refractivity contribution is 0.376. The standard InChI is InChI=1S/C34H41N7O/c1-24(2)7-10-27-19-30-22-37-34(38-31-11-8-25(9-12-31)18-26-6-5-15-35-20-26)39-32(30)41(33(27)42)23-29-13-16-36-21-28(29)14-17-40(3)4/h8-9,11-13,16,19,21-22,24,26,35H,5-6,14-15,17-18,20,23H2,1-4H3,(H,37,38,39). The number of benzene rings is 1. The van der Waals surface area contributed by atoms with Crippen LogP contribution in [0.15, 0.2) is 59.8 Å². The van der Waals surface area contributed by atoms with Gasteiger partial charge in [-0.15, -0.1) is 0 Å². The fourth-order valence-corrected chi connectivity index (χ4v) is 5.31. The molecule has 1 aliphatic rings. The Morgan fingerprint density at radius 2 is 1.98 bits per heavy atom. The van der Waals surface area contributed by atoms with Crippen LogP contribution in [0.2, 0.25) is 0 Å². The number of piperidine rings is 1. The van der Waals surface area contributed by atoms with Crippen molar-refractivity contribution in [2.75, 3.05) is 39.0 Å². The highest BCUT2D eigenvalue weighted by molar-refractivity contribution is 5.77.